The molecule has 1 aliphatic heterocycles. The maximum absolute atomic E-state index is 13.7. The second kappa shape index (κ2) is 7.32. The number of nitrogens with zero attached hydrogens (tertiary/aromatic N) is 2. The number of halogens is 2. The second-order valence-electron chi connectivity index (χ2n) is 7.33. The Morgan fingerprint density at radius 1 is 1.42 bits per heavy atom. The van der Waals surface area contributed by atoms with Gasteiger partial charge in [0.15, 0.2) is 11.6 Å². The normalized spacial score (nSPS) is 21.5. The van der Waals surface area contributed by atoms with Gasteiger partial charge in [-0.3, -0.25) is 0 Å². The average molecular weight is 341 g/mol. The van der Waals surface area contributed by atoms with Crippen LogP contribution in [-0.4, -0.2) is 40.7 Å². The summed E-state index contributed by atoms with van der Waals surface area (Å²) in [6.45, 7) is 8.49. The first-order valence-corrected chi connectivity index (χ1v) is 8.20. The zero-order valence-electron chi connectivity index (χ0n) is 14.6. The first-order valence-electron chi connectivity index (χ1n) is 8.20. The molecule has 1 aromatic heterocycles. The third-order valence-electron chi connectivity index (χ3n) is 3.88. The van der Waals surface area contributed by atoms with Crippen molar-refractivity contribution < 1.29 is 18.3 Å². The number of rotatable bonds is 3. The molecule has 1 aromatic rings. The summed E-state index contributed by atoms with van der Waals surface area (Å²) in [7, 11) is 0. The molecular weight excluding hydrogens is 316 g/mol. The first-order chi connectivity index (χ1) is 11.2. The fourth-order valence-electron chi connectivity index (χ4n) is 2.72. The van der Waals surface area contributed by atoms with Crippen molar-refractivity contribution in [3.05, 3.63) is 23.9 Å². The average Bonchev–Trinajstić information content (AvgIpc) is 2.45. The maximum Gasteiger partial charge on any atom is 0.410 e. The van der Waals surface area contributed by atoms with Crippen LogP contribution in [0.2, 0.25) is 0 Å². The fraction of sp³-hybridized carbons (Fsp3) is 0.647. The molecule has 1 fully saturated rings. The molecule has 7 heteroatoms. The largest absolute Gasteiger partial charge is 0.444 e. The summed E-state index contributed by atoms with van der Waals surface area (Å²) in [5.74, 6) is -1.10. The molecule has 0 radical (unpaired) electrons. The number of hydrogen-bond donors (Lipinski definition) is 1. The van der Waals surface area contributed by atoms with Crippen LogP contribution in [0.1, 0.15) is 40.5 Å². The van der Waals surface area contributed by atoms with E-state index in [1.54, 1.807) is 4.90 Å². The van der Waals surface area contributed by atoms with Crippen molar-refractivity contribution in [1.82, 2.24) is 9.88 Å². The summed E-state index contributed by atoms with van der Waals surface area (Å²) in [6, 6.07) is 0.659. The van der Waals surface area contributed by atoms with Crippen LogP contribution in [-0.2, 0) is 4.74 Å². The van der Waals surface area contributed by atoms with Gasteiger partial charge in [-0.1, -0.05) is 6.92 Å². The third kappa shape index (κ3) is 5.04. The molecule has 0 spiro atoms. The molecular formula is C17H25F2N3O2. The van der Waals surface area contributed by atoms with Crippen molar-refractivity contribution in [2.45, 2.75) is 52.2 Å². The van der Waals surface area contributed by atoms with Crippen LogP contribution in [0.25, 0.3) is 0 Å². The Labute approximate surface area is 141 Å². The Morgan fingerprint density at radius 2 is 2.12 bits per heavy atom. The smallest absolute Gasteiger partial charge is 0.410 e. The van der Waals surface area contributed by atoms with Crippen LogP contribution in [0.4, 0.5) is 19.4 Å². The number of carbonyl (C=O) groups is 1. The summed E-state index contributed by atoms with van der Waals surface area (Å²) in [5.41, 5.74) is -0.569. The Hall–Kier alpha value is -1.92. The first kappa shape index (κ1) is 18.4. The van der Waals surface area contributed by atoms with Crippen molar-refractivity contribution in [2.24, 2.45) is 5.92 Å². The lowest BCUT2D eigenvalue weighted by Crippen LogP contribution is -2.51. The van der Waals surface area contributed by atoms with Gasteiger partial charge in [-0.25, -0.2) is 18.6 Å². The van der Waals surface area contributed by atoms with Crippen molar-refractivity contribution in [2.75, 3.05) is 18.4 Å². The highest BCUT2D eigenvalue weighted by Crippen LogP contribution is 2.24. The molecule has 0 aliphatic carbocycles. The van der Waals surface area contributed by atoms with E-state index in [-0.39, 0.29) is 18.0 Å². The fourth-order valence-corrected chi connectivity index (χ4v) is 2.72. The zero-order valence-corrected chi connectivity index (χ0v) is 14.6. The molecule has 2 rings (SSSR count). The highest BCUT2D eigenvalue weighted by Gasteiger charge is 2.33. The minimum absolute atomic E-state index is 0.0147. The highest BCUT2D eigenvalue weighted by molar-refractivity contribution is 5.68. The number of hydrogen-bond acceptors (Lipinski definition) is 4. The Balaban J connectivity index is 2.04. The lowest BCUT2D eigenvalue weighted by Gasteiger charge is -2.39. The number of nitrogens with one attached hydrogen (secondary N) is 1. The number of ether oxygens (including phenoxy) is 1. The second-order valence-corrected chi connectivity index (χ2v) is 7.33. The van der Waals surface area contributed by atoms with Crippen molar-refractivity contribution in [3.63, 3.8) is 0 Å². The van der Waals surface area contributed by atoms with E-state index in [9.17, 15) is 13.6 Å². The lowest BCUT2D eigenvalue weighted by molar-refractivity contribution is 0.00577. The van der Waals surface area contributed by atoms with E-state index in [0.717, 1.165) is 25.1 Å². The van der Waals surface area contributed by atoms with Crippen LogP contribution in [0.3, 0.4) is 0 Å². The highest BCUT2D eigenvalue weighted by atomic mass is 19.1. The molecule has 2 atom stereocenters. The molecule has 0 bridgehead atoms. The van der Waals surface area contributed by atoms with E-state index in [1.165, 1.54) is 0 Å². The van der Waals surface area contributed by atoms with Gasteiger partial charge in [0.2, 0.25) is 0 Å². The van der Waals surface area contributed by atoms with E-state index < -0.39 is 17.2 Å². The monoisotopic (exact) mass is 341 g/mol. The predicted octanol–water partition coefficient (Wildman–Crippen LogP) is 3.81. The number of anilines is 1. The van der Waals surface area contributed by atoms with Crippen LogP contribution in [0, 0.1) is 17.6 Å². The van der Waals surface area contributed by atoms with E-state index in [0.29, 0.717) is 19.0 Å². The number of pyridine rings is 1. The van der Waals surface area contributed by atoms with Gasteiger partial charge in [-0.05, 0) is 39.5 Å². The van der Waals surface area contributed by atoms with Gasteiger partial charge in [0.05, 0.1) is 12.2 Å². The van der Waals surface area contributed by atoms with E-state index in [1.807, 2.05) is 20.8 Å². The van der Waals surface area contributed by atoms with E-state index in [2.05, 4.69) is 17.2 Å². The number of aromatic nitrogens is 1. The number of piperidine rings is 1. The van der Waals surface area contributed by atoms with Crippen molar-refractivity contribution in [3.8, 4) is 0 Å². The van der Waals surface area contributed by atoms with Crippen LogP contribution < -0.4 is 5.32 Å². The third-order valence-corrected chi connectivity index (χ3v) is 3.88. The Kier molecular flexibility index (Phi) is 5.62. The zero-order chi connectivity index (χ0) is 17.9. The van der Waals surface area contributed by atoms with E-state index >= 15 is 0 Å². The van der Waals surface area contributed by atoms with Crippen molar-refractivity contribution >= 4 is 11.9 Å². The molecule has 24 heavy (non-hydrogen) atoms. The molecule has 1 saturated heterocycles. The molecule has 0 aromatic carbocycles. The van der Waals surface area contributed by atoms with Crippen LogP contribution in [0.5, 0.6) is 0 Å². The summed E-state index contributed by atoms with van der Waals surface area (Å²) >= 11 is 0. The van der Waals surface area contributed by atoms with Crippen LogP contribution >= 0.6 is 0 Å². The summed E-state index contributed by atoms with van der Waals surface area (Å²) < 4.78 is 32.1. The van der Waals surface area contributed by atoms with Gasteiger partial charge in [-0.2, -0.15) is 0 Å². The summed E-state index contributed by atoms with van der Waals surface area (Å²) in [5, 5.41) is 2.87. The van der Waals surface area contributed by atoms with Crippen molar-refractivity contribution in [1.29, 1.82) is 0 Å². The standard InChI is InChI=1S/C17H25F2N3O2/c1-11-5-6-13(22(10-11)16(23)24-17(2,3)4)9-21-15-14(19)7-12(18)8-20-15/h7-8,11,13H,5-6,9-10H2,1-4H3,(H,20,21). The predicted molar refractivity (Wildman–Crippen MR) is 87.8 cm³/mol. The number of likely N-dealkylation sites (tertiary alicyclic amines) is 1. The molecule has 1 amide bonds. The molecule has 1 N–H and O–H groups in total. The number of carbonyl (C=O) groups excluding carboxylic acids is 1. The van der Waals surface area contributed by atoms with Gasteiger partial charge in [0, 0.05) is 19.2 Å². The van der Waals surface area contributed by atoms with Gasteiger partial charge >= 0.3 is 6.09 Å². The molecule has 1 aliphatic rings. The molecule has 0 saturated carbocycles. The molecule has 2 heterocycles. The Bertz CT molecular complexity index is 590. The molecule has 5 nitrogen and oxygen atoms in total. The summed E-state index contributed by atoms with van der Waals surface area (Å²) in [6.07, 6.45) is 2.36. The lowest BCUT2D eigenvalue weighted by atomic mass is 9.94. The molecule has 2 unspecified atom stereocenters. The topological polar surface area (TPSA) is 54.5 Å². The van der Waals surface area contributed by atoms with Gasteiger partial charge in [0.25, 0.3) is 0 Å². The Morgan fingerprint density at radius 3 is 2.75 bits per heavy atom. The minimum atomic E-state index is -0.747. The van der Waals surface area contributed by atoms with E-state index in [4.69, 9.17) is 4.74 Å². The molecule has 134 valence electrons. The van der Waals surface area contributed by atoms with Crippen LogP contribution in [0.15, 0.2) is 12.3 Å². The SMILES string of the molecule is CC1CCC(CNc2ncc(F)cc2F)N(C(=O)OC(C)(C)C)C1. The van der Waals surface area contributed by atoms with Gasteiger partial charge in [-0.15, -0.1) is 0 Å². The quantitative estimate of drug-likeness (QED) is 0.908. The number of amides is 1. The minimum Gasteiger partial charge on any atom is -0.444 e. The van der Waals surface area contributed by atoms with Gasteiger partial charge < -0.3 is 15.0 Å². The summed E-state index contributed by atoms with van der Waals surface area (Å²) in [4.78, 5) is 17.8. The maximum atomic E-state index is 13.7. The van der Waals surface area contributed by atoms with Gasteiger partial charge in [0.1, 0.15) is 11.4 Å².